The van der Waals surface area contributed by atoms with Crippen molar-refractivity contribution in [1.82, 2.24) is 4.57 Å². The SMILES string of the molecule is CCOC(Cc1ccn(CCOc2ccc(C(F)(F)F)cc2)c(=O)c1)C(=O)O. The molecule has 0 spiro atoms. The van der Waals surface area contributed by atoms with E-state index in [9.17, 15) is 22.8 Å². The topological polar surface area (TPSA) is 77.8 Å². The molecule has 1 aromatic carbocycles. The molecule has 0 saturated carbocycles. The molecule has 6 nitrogen and oxygen atoms in total. The second kappa shape index (κ2) is 9.41. The van der Waals surface area contributed by atoms with E-state index in [1.807, 2.05) is 0 Å². The van der Waals surface area contributed by atoms with Crippen LogP contribution in [0.5, 0.6) is 5.75 Å². The highest BCUT2D eigenvalue weighted by molar-refractivity contribution is 5.72. The van der Waals surface area contributed by atoms with Crippen molar-refractivity contribution < 1.29 is 32.5 Å². The number of carboxylic acid groups (broad SMARTS) is 1. The third-order valence-electron chi connectivity index (χ3n) is 3.91. The maximum Gasteiger partial charge on any atom is 0.416 e. The Morgan fingerprint density at radius 1 is 1.21 bits per heavy atom. The van der Waals surface area contributed by atoms with Gasteiger partial charge >= 0.3 is 12.1 Å². The molecule has 0 bridgehead atoms. The second-order valence-electron chi connectivity index (χ2n) is 5.92. The third kappa shape index (κ3) is 6.12. The Balaban J connectivity index is 1.93. The molecule has 1 heterocycles. The van der Waals surface area contributed by atoms with Crippen molar-refractivity contribution in [2.75, 3.05) is 13.2 Å². The van der Waals surface area contributed by atoms with Crippen LogP contribution in [-0.2, 0) is 28.7 Å². The summed E-state index contributed by atoms with van der Waals surface area (Å²) in [7, 11) is 0. The fourth-order valence-electron chi connectivity index (χ4n) is 2.50. The van der Waals surface area contributed by atoms with Gasteiger partial charge in [0.1, 0.15) is 12.4 Å². The highest BCUT2D eigenvalue weighted by Gasteiger charge is 2.30. The van der Waals surface area contributed by atoms with Crippen LogP contribution in [0, 0.1) is 0 Å². The largest absolute Gasteiger partial charge is 0.492 e. The predicted molar refractivity (Wildman–Crippen MR) is 94.4 cm³/mol. The monoisotopic (exact) mass is 399 g/mol. The lowest BCUT2D eigenvalue weighted by molar-refractivity contribution is -0.150. The van der Waals surface area contributed by atoms with Gasteiger partial charge in [0.2, 0.25) is 0 Å². The quantitative estimate of drug-likeness (QED) is 0.702. The molecule has 0 radical (unpaired) electrons. The van der Waals surface area contributed by atoms with Crippen molar-refractivity contribution in [3.63, 3.8) is 0 Å². The summed E-state index contributed by atoms with van der Waals surface area (Å²) in [5.41, 5.74) is -0.571. The molecule has 2 aromatic rings. The molecule has 0 fully saturated rings. The minimum absolute atomic E-state index is 0.0707. The zero-order valence-corrected chi connectivity index (χ0v) is 15.1. The van der Waals surface area contributed by atoms with Gasteiger partial charge in [-0.2, -0.15) is 13.2 Å². The highest BCUT2D eigenvalue weighted by Crippen LogP contribution is 2.30. The van der Waals surface area contributed by atoms with Crippen LogP contribution in [0.3, 0.4) is 0 Å². The normalized spacial score (nSPS) is 12.6. The molecule has 1 N–H and O–H groups in total. The van der Waals surface area contributed by atoms with Gasteiger partial charge in [-0.25, -0.2) is 4.79 Å². The van der Waals surface area contributed by atoms with Crippen molar-refractivity contribution in [3.05, 3.63) is 64.1 Å². The number of benzene rings is 1. The molecule has 1 aromatic heterocycles. The second-order valence-corrected chi connectivity index (χ2v) is 5.92. The number of alkyl halides is 3. The summed E-state index contributed by atoms with van der Waals surface area (Å²) in [6, 6.07) is 7.23. The van der Waals surface area contributed by atoms with Crippen molar-refractivity contribution in [2.24, 2.45) is 0 Å². The van der Waals surface area contributed by atoms with E-state index in [-0.39, 0.29) is 37.5 Å². The van der Waals surface area contributed by atoms with Crippen LogP contribution in [0.15, 0.2) is 47.4 Å². The van der Waals surface area contributed by atoms with Gasteiger partial charge in [-0.1, -0.05) is 0 Å². The highest BCUT2D eigenvalue weighted by atomic mass is 19.4. The molecule has 0 amide bonds. The van der Waals surface area contributed by atoms with E-state index in [0.29, 0.717) is 5.56 Å². The summed E-state index contributed by atoms with van der Waals surface area (Å²) in [5, 5.41) is 9.09. The Kier molecular flexibility index (Phi) is 7.22. The lowest BCUT2D eigenvalue weighted by Crippen LogP contribution is -2.28. The van der Waals surface area contributed by atoms with E-state index in [1.54, 1.807) is 13.0 Å². The standard InChI is InChI=1S/C19H20F3NO5/c1-2-27-16(18(25)26)11-13-7-8-23(17(24)12-13)9-10-28-15-5-3-14(4-6-15)19(20,21)22/h3-8,12,16H,2,9-11H2,1H3,(H,25,26). The van der Waals surface area contributed by atoms with E-state index in [2.05, 4.69) is 0 Å². The molecule has 1 atom stereocenters. The van der Waals surface area contributed by atoms with Gasteiger partial charge in [-0.15, -0.1) is 0 Å². The molecule has 1 unspecified atom stereocenters. The number of ether oxygens (including phenoxy) is 2. The minimum atomic E-state index is -4.41. The number of rotatable bonds is 9. The number of carboxylic acids is 1. The van der Waals surface area contributed by atoms with Crippen LogP contribution in [0.2, 0.25) is 0 Å². The van der Waals surface area contributed by atoms with Crippen LogP contribution in [-0.4, -0.2) is 35.0 Å². The van der Waals surface area contributed by atoms with Crippen molar-refractivity contribution in [1.29, 1.82) is 0 Å². The van der Waals surface area contributed by atoms with Gasteiger partial charge in [0.05, 0.1) is 12.1 Å². The number of hydrogen-bond donors (Lipinski definition) is 1. The number of pyridine rings is 1. The average molecular weight is 399 g/mol. The molecule has 2 rings (SSSR count). The van der Waals surface area contributed by atoms with Crippen molar-refractivity contribution in [3.8, 4) is 5.75 Å². The fourth-order valence-corrected chi connectivity index (χ4v) is 2.50. The number of aromatic nitrogens is 1. The zero-order chi connectivity index (χ0) is 20.7. The van der Waals surface area contributed by atoms with Crippen LogP contribution < -0.4 is 10.3 Å². The molecule has 0 aliphatic rings. The van der Waals surface area contributed by atoms with Crippen molar-refractivity contribution in [2.45, 2.75) is 32.2 Å². The maximum absolute atomic E-state index is 12.5. The first-order chi connectivity index (χ1) is 13.2. The van der Waals surface area contributed by atoms with Gasteiger partial charge < -0.3 is 19.1 Å². The van der Waals surface area contributed by atoms with Crippen molar-refractivity contribution >= 4 is 5.97 Å². The lowest BCUT2D eigenvalue weighted by atomic mass is 10.1. The molecule has 28 heavy (non-hydrogen) atoms. The van der Waals surface area contributed by atoms with Crippen LogP contribution in [0.1, 0.15) is 18.1 Å². The van der Waals surface area contributed by atoms with Gasteiger partial charge in [-0.3, -0.25) is 4.79 Å². The van der Waals surface area contributed by atoms with Gasteiger partial charge in [0.25, 0.3) is 5.56 Å². The Morgan fingerprint density at radius 3 is 2.43 bits per heavy atom. The summed E-state index contributed by atoms with van der Waals surface area (Å²) in [6.07, 6.45) is -3.85. The van der Waals surface area contributed by atoms with Gasteiger partial charge in [-0.05, 0) is 42.8 Å². The molecular formula is C19H20F3NO5. The predicted octanol–water partition coefficient (Wildman–Crippen LogP) is 2.98. The van der Waals surface area contributed by atoms with Crippen LogP contribution >= 0.6 is 0 Å². The minimum Gasteiger partial charge on any atom is -0.492 e. The Hall–Kier alpha value is -2.81. The van der Waals surface area contributed by atoms with E-state index >= 15 is 0 Å². The third-order valence-corrected chi connectivity index (χ3v) is 3.91. The van der Waals surface area contributed by atoms with E-state index in [4.69, 9.17) is 14.6 Å². The van der Waals surface area contributed by atoms with E-state index in [0.717, 1.165) is 12.1 Å². The smallest absolute Gasteiger partial charge is 0.416 e. The Morgan fingerprint density at radius 2 is 1.89 bits per heavy atom. The first-order valence-corrected chi connectivity index (χ1v) is 8.54. The first-order valence-electron chi connectivity index (χ1n) is 8.54. The Bertz CT molecular complexity index is 846. The summed E-state index contributed by atoms with van der Waals surface area (Å²) >= 11 is 0. The molecule has 0 saturated heterocycles. The van der Waals surface area contributed by atoms with E-state index in [1.165, 1.54) is 29.0 Å². The first kappa shape index (κ1) is 21.5. The van der Waals surface area contributed by atoms with Crippen LogP contribution in [0.25, 0.3) is 0 Å². The Labute approximate surface area is 159 Å². The zero-order valence-electron chi connectivity index (χ0n) is 15.1. The molecule has 0 aliphatic carbocycles. The molecule has 0 aliphatic heterocycles. The number of aliphatic carboxylic acids is 1. The molecule has 9 heteroatoms. The number of nitrogens with zero attached hydrogens (tertiary/aromatic N) is 1. The van der Waals surface area contributed by atoms with Crippen LogP contribution in [0.4, 0.5) is 13.2 Å². The average Bonchev–Trinajstić information content (AvgIpc) is 2.62. The van der Waals surface area contributed by atoms with Gasteiger partial charge in [0, 0.05) is 25.3 Å². The van der Waals surface area contributed by atoms with Gasteiger partial charge in [0.15, 0.2) is 6.10 Å². The molecule has 152 valence electrons. The fraction of sp³-hybridized carbons (Fsp3) is 0.368. The lowest BCUT2D eigenvalue weighted by Gasteiger charge is -2.13. The molecular weight excluding hydrogens is 379 g/mol. The summed E-state index contributed by atoms with van der Waals surface area (Å²) in [4.78, 5) is 23.3. The maximum atomic E-state index is 12.5. The summed E-state index contributed by atoms with van der Waals surface area (Å²) in [6.45, 7) is 2.20. The number of halogens is 3. The van der Waals surface area contributed by atoms with E-state index < -0.39 is 23.8 Å². The summed E-state index contributed by atoms with van der Waals surface area (Å²) < 4.78 is 49.4. The number of hydrogen-bond acceptors (Lipinski definition) is 4. The summed E-state index contributed by atoms with van der Waals surface area (Å²) in [5.74, 6) is -0.838. The number of carbonyl (C=O) groups is 1.